The molecule has 0 saturated carbocycles. The highest BCUT2D eigenvalue weighted by atomic mass is 16.7. The molecule has 1 aliphatic heterocycles. The average Bonchev–Trinajstić information content (AvgIpc) is 3.15. The minimum atomic E-state index is -0.382. The number of ether oxygens (including phenoxy) is 1. The molecule has 0 radical (unpaired) electrons. The van der Waals surface area contributed by atoms with Crippen LogP contribution in [0.4, 0.5) is 0 Å². The van der Waals surface area contributed by atoms with E-state index in [-0.39, 0.29) is 18.3 Å². The van der Waals surface area contributed by atoms with Gasteiger partial charge in [0.05, 0.1) is 16.9 Å². The molecular weight excluding hydrogens is 327 g/mol. The molecule has 3 heterocycles. The smallest absolute Gasteiger partial charge is 0.471 e. The van der Waals surface area contributed by atoms with Crippen LogP contribution in [-0.4, -0.2) is 28.3 Å². The van der Waals surface area contributed by atoms with Crippen LogP contribution in [0.15, 0.2) is 30.5 Å². The molecule has 0 spiro atoms. The molecule has 26 heavy (non-hydrogen) atoms. The van der Waals surface area contributed by atoms with Gasteiger partial charge in [0.15, 0.2) is 0 Å². The fraction of sp³-hybridized carbons (Fsp3) is 0.500. The van der Waals surface area contributed by atoms with Crippen LogP contribution < -0.4 is 10.2 Å². The van der Waals surface area contributed by atoms with Crippen molar-refractivity contribution >= 4 is 12.6 Å². The number of aromatic nitrogens is 2. The molecular formula is C20H25BN2O3. The minimum Gasteiger partial charge on any atom is -0.471 e. The second-order valence-corrected chi connectivity index (χ2v) is 8.03. The molecule has 0 unspecified atom stereocenters. The molecule has 0 bridgehead atoms. The van der Waals surface area contributed by atoms with Gasteiger partial charge in [-0.05, 0) is 70.1 Å². The number of rotatable bonds is 4. The van der Waals surface area contributed by atoms with Gasteiger partial charge in [0.25, 0.3) is 0 Å². The highest BCUT2D eigenvalue weighted by Crippen LogP contribution is 2.37. The Morgan fingerprint density at radius 3 is 2.58 bits per heavy atom. The summed E-state index contributed by atoms with van der Waals surface area (Å²) in [4.78, 5) is 9.01. The SMILES string of the molecule is CC1(C)OB(c2cc(OCc3ccccn3)nc3c2CCC3)OC1(C)C. The fourth-order valence-electron chi connectivity index (χ4n) is 3.43. The number of pyridine rings is 2. The van der Waals surface area contributed by atoms with Crippen LogP contribution >= 0.6 is 0 Å². The summed E-state index contributed by atoms with van der Waals surface area (Å²) < 4.78 is 18.5. The van der Waals surface area contributed by atoms with Crippen LogP contribution in [0.3, 0.4) is 0 Å². The molecule has 1 fully saturated rings. The van der Waals surface area contributed by atoms with Gasteiger partial charge in [0.1, 0.15) is 6.61 Å². The van der Waals surface area contributed by atoms with E-state index in [1.54, 1.807) is 6.20 Å². The van der Waals surface area contributed by atoms with Crippen molar-refractivity contribution in [3.63, 3.8) is 0 Å². The van der Waals surface area contributed by atoms with Crippen LogP contribution in [0.25, 0.3) is 0 Å². The van der Waals surface area contributed by atoms with E-state index < -0.39 is 0 Å². The van der Waals surface area contributed by atoms with Crippen molar-refractivity contribution in [2.24, 2.45) is 0 Å². The topological polar surface area (TPSA) is 53.5 Å². The van der Waals surface area contributed by atoms with Gasteiger partial charge >= 0.3 is 7.12 Å². The maximum absolute atomic E-state index is 6.28. The van der Waals surface area contributed by atoms with Gasteiger partial charge in [-0.1, -0.05) is 6.07 Å². The van der Waals surface area contributed by atoms with E-state index in [0.29, 0.717) is 12.5 Å². The van der Waals surface area contributed by atoms with Crippen molar-refractivity contribution in [2.45, 2.75) is 64.8 Å². The molecule has 5 nitrogen and oxygen atoms in total. The van der Waals surface area contributed by atoms with E-state index in [4.69, 9.17) is 19.0 Å². The first-order valence-electron chi connectivity index (χ1n) is 9.27. The van der Waals surface area contributed by atoms with Crippen LogP contribution in [0.5, 0.6) is 5.88 Å². The zero-order chi connectivity index (χ0) is 18.4. The molecule has 2 aromatic rings. The quantitative estimate of drug-likeness (QED) is 0.792. The van der Waals surface area contributed by atoms with Gasteiger partial charge in [-0.2, -0.15) is 0 Å². The van der Waals surface area contributed by atoms with Gasteiger partial charge < -0.3 is 14.0 Å². The first-order chi connectivity index (χ1) is 12.4. The lowest BCUT2D eigenvalue weighted by Crippen LogP contribution is -2.41. The van der Waals surface area contributed by atoms with Crippen molar-refractivity contribution in [2.75, 3.05) is 0 Å². The Bertz CT molecular complexity index is 792. The Morgan fingerprint density at radius 1 is 1.12 bits per heavy atom. The molecule has 6 heteroatoms. The maximum atomic E-state index is 6.28. The Kier molecular flexibility index (Phi) is 4.28. The van der Waals surface area contributed by atoms with Gasteiger partial charge in [-0.3, -0.25) is 4.98 Å². The second kappa shape index (κ2) is 6.36. The zero-order valence-corrected chi connectivity index (χ0v) is 15.9. The highest BCUT2D eigenvalue weighted by molar-refractivity contribution is 6.62. The Hall–Kier alpha value is -1.92. The summed E-state index contributed by atoms with van der Waals surface area (Å²) >= 11 is 0. The molecule has 0 aromatic carbocycles. The zero-order valence-electron chi connectivity index (χ0n) is 15.9. The molecule has 0 atom stereocenters. The Morgan fingerprint density at radius 2 is 1.88 bits per heavy atom. The van der Waals surface area contributed by atoms with Gasteiger partial charge in [0.2, 0.25) is 5.88 Å². The van der Waals surface area contributed by atoms with Crippen molar-refractivity contribution in [1.82, 2.24) is 9.97 Å². The van der Waals surface area contributed by atoms with Crippen molar-refractivity contribution in [3.05, 3.63) is 47.4 Å². The van der Waals surface area contributed by atoms with Crippen molar-refractivity contribution in [3.8, 4) is 5.88 Å². The predicted octanol–water partition coefficient (Wildman–Crippen LogP) is 2.84. The van der Waals surface area contributed by atoms with Gasteiger partial charge in [0, 0.05) is 18.0 Å². The molecule has 4 rings (SSSR count). The molecule has 1 aliphatic carbocycles. The lowest BCUT2D eigenvalue weighted by molar-refractivity contribution is 0.00578. The summed E-state index contributed by atoms with van der Waals surface area (Å²) in [6.45, 7) is 8.70. The third-order valence-electron chi connectivity index (χ3n) is 5.66. The summed E-state index contributed by atoms with van der Waals surface area (Å²) in [6.07, 6.45) is 4.87. The lowest BCUT2D eigenvalue weighted by atomic mass is 9.76. The highest BCUT2D eigenvalue weighted by Gasteiger charge is 2.52. The first kappa shape index (κ1) is 17.5. The van der Waals surface area contributed by atoms with Gasteiger partial charge in [-0.15, -0.1) is 0 Å². The first-order valence-corrected chi connectivity index (χ1v) is 9.27. The standard InChI is InChI=1S/C20H25BN2O3/c1-19(2)20(3,4)26-21(25-19)16-12-18(23-17-10-7-9-15(16)17)24-13-14-8-5-6-11-22-14/h5-6,8,11-12H,7,9-10,13H2,1-4H3. The summed E-state index contributed by atoms with van der Waals surface area (Å²) in [5.74, 6) is 0.612. The summed E-state index contributed by atoms with van der Waals surface area (Å²) in [5, 5.41) is 0. The maximum Gasteiger partial charge on any atom is 0.495 e. The molecule has 1 saturated heterocycles. The summed E-state index contributed by atoms with van der Waals surface area (Å²) in [5.41, 5.74) is 3.58. The Balaban J connectivity index is 1.62. The van der Waals surface area contributed by atoms with E-state index in [2.05, 4.69) is 32.7 Å². The summed E-state index contributed by atoms with van der Waals surface area (Å²) in [6, 6.07) is 7.78. The normalized spacial score (nSPS) is 20.2. The number of hydrogen-bond acceptors (Lipinski definition) is 5. The summed E-state index contributed by atoms with van der Waals surface area (Å²) in [7, 11) is -0.382. The van der Waals surface area contributed by atoms with Crippen LogP contribution in [0.1, 0.15) is 51.1 Å². The largest absolute Gasteiger partial charge is 0.495 e. The van der Waals surface area contributed by atoms with E-state index >= 15 is 0 Å². The number of fused-ring (bicyclic) bond motifs is 1. The third-order valence-corrected chi connectivity index (χ3v) is 5.66. The fourth-order valence-corrected chi connectivity index (χ4v) is 3.43. The minimum absolute atomic E-state index is 0.360. The van der Waals surface area contributed by atoms with E-state index in [0.717, 1.165) is 36.1 Å². The van der Waals surface area contributed by atoms with Crippen LogP contribution in [0.2, 0.25) is 0 Å². The molecule has 136 valence electrons. The number of aryl methyl sites for hydroxylation is 1. The number of nitrogens with zero attached hydrogens (tertiary/aromatic N) is 2. The second-order valence-electron chi connectivity index (χ2n) is 8.03. The molecule has 2 aromatic heterocycles. The van der Waals surface area contributed by atoms with E-state index in [9.17, 15) is 0 Å². The molecule has 0 N–H and O–H groups in total. The van der Waals surface area contributed by atoms with E-state index in [1.807, 2.05) is 24.3 Å². The molecule has 0 amide bonds. The molecule has 2 aliphatic rings. The third kappa shape index (κ3) is 3.12. The van der Waals surface area contributed by atoms with Crippen molar-refractivity contribution < 1.29 is 14.0 Å². The van der Waals surface area contributed by atoms with E-state index in [1.165, 1.54) is 5.56 Å². The average molecular weight is 352 g/mol. The monoisotopic (exact) mass is 352 g/mol. The van der Waals surface area contributed by atoms with Crippen LogP contribution in [-0.2, 0) is 28.8 Å². The van der Waals surface area contributed by atoms with Crippen molar-refractivity contribution in [1.29, 1.82) is 0 Å². The lowest BCUT2D eigenvalue weighted by Gasteiger charge is -2.32. The predicted molar refractivity (Wildman–Crippen MR) is 101 cm³/mol. The number of hydrogen-bond donors (Lipinski definition) is 0. The van der Waals surface area contributed by atoms with Gasteiger partial charge in [-0.25, -0.2) is 4.98 Å². The Labute approximate surface area is 155 Å². The van der Waals surface area contributed by atoms with Crippen LogP contribution in [0, 0.1) is 0 Å².